The molecule has 21 heteroatoms. The van der Waals surface area contributed by atoms with Crippen LogP contribution in [0.15, 0.2) is 87.5 Å². The lowest BCUT2D eigenvalue weighted by molar-refractivity contribution is -0.385. The molecule has 0 spiro atoms. The Labute approximate surface area is 263 Å². The molecule has 0 saturated heterocycles. The number of rotatable bonds is 8. The van der Waals surface area contributed by atoms with E-state index in [4.69, 9.17) is 0 Å². The van der Waals surface area contributed by atoms with Gasteiger partial charge in [-0.3, -0.25) is 23.8 Å². The van der Waals surface area contributed by atoms with Crippen LogP contribution < -0.4 is 0 Å². The molecular weight excluding hydrogens is 683 g/mol. The largest absolute Gasteiger partial charge is 0.296 e. The number of fused-ring (bicyclic) bond motifs is 3. The highest BCUT2D eigenvalue weighted by Gasteiger charge is 2.25. The molecule has 2 aromatic heterocycles. The first-order valence-electron chi connectivity index (χ1n) is 12.8. The Bertz CT molecular complexity index is 2640. The summed E-state index contributed by atoms with van der Waals surface area (Å²) in [5.41, 5.74) is -0.965. The van der Waals surface area contributed by atoms with Crippen LogP contribution in [0.5, 0.6) is 0 Å². The van der Waals surface area contributed by atoms with Gasteiger partial charge in [0.25, 0.3) is 36.0 Å². The molecule has 0 amide bonds. The lowest BCUT2D eigenvalue weighted by Crippen LogP contribution is -2.05. The predicted octanol–water partition coefficient (Wildman–Crippen LogP) is 2.97. The zero-order valence-corrected chi connectivity index (χ0v) is 25.5. The van der Waals surface area contributed by atoms with Crippen molar-refractivity contribution in [2.24, 2.45) is 0 Å². The highest BCUT2D eigenvalue weighted by Crippen LogP contribution is 2.30. The summed E-state index contributed by atoms with van der Waals surface area (Å²) in [7, 11) is -14.8. The molecule has 2 heterocycles. The minimum absolute atomic E-state index is 0.0376. The van der Waals surface area contributed by atoms with Crippen LogP contribution >= 0.6 is 0 Å². The van der Waals surface area contributed by atoms with Gasteiger partial charge < -0.3 is 0 Å². The van der Waals surface area contributed by atoms with Crippen LogP contribution in [0.1, 0.15) is 11.1 Å². The van der Waals surface area contributed by atoms with Crippen LogP contribution in [0.25, 0.3) is 45.6 Å². The molecule has 0 aliphatic carbocycles. The van der Waals surface area contributed by atoms with E-state index in [9.17, 15) is 49.0 Å². The summed E-state index contributed by atoms with van der Waals surface area (Å²) in [6.07, 6.45) is 2.11. The molecule has 0 aliphatic heterocycles. The summed E-state index contributed by atoms with van der Waals surface area (Å²) in [6, 6.07) is 15.6. The highest BCUT2D eigenvalue weighted by atomic mass is 32.2. The van der Waals surface area contributed by atoms with Gasteiger partial charge in [0.2, 0.25) is 0 Å². The van der Waals surface area contributed by atoms with E-state index in [0.29, 0.717) is 11.8 Å². The number of hydrogen-bond acceptors (Lipinski definition) is 12. The third kappa shape index (κ3) is 6.08. The molecule has 6 aromatic rings. The summed E-state index contributed by atoms with van der Waals surface area (Å²) < 4.78 is 103. The third-order valence-electron chi connectivity index (χ3n) is 6.68. The van der Waals surface area contributed by atoms with Gasteiger partial charge in [-0.2, -0.15) is 34.8 Å². The summed E-state index contributed by atoms with van der Waals surface area (Å²) in [4.78, 5) is 10.1. The first-order valence-corrected chi connectivity index (χ1v) is 17.1. The maximum absolute atomic E-state index is 12.4. The van der Waals surface area contributed by atoms with Gasteiger partial charge in [0.15, 0.2) is 0 Å². The topological polar surface area (TPSA) is 268 Å². The molecule has 0 unspecified atom stereocenters. The predicted molar refractivity (Wildman–Crippen MR) is 163 cm³/mol. The van der Waals surface area contributed by atoms with E-state index in [1.165, 1.54) is 16.9 Å². The number of nitrogens with zero attached hydrogens (tertiary/aromatic N) is 7. The van der Waals surface area contributed by atoms with Gasteiger partial charge in [-0.05, 0) is 47.5 Å². The van der Waals surface area contributed by atoms with E-state index < -0.39 is 55.7 Å². The summed E-state index contributed by atoms with van der Waals surface area (Å²) in [6.45, 7) is 0. The molecule has 47 heavy (non-hydrogen) atoms. The lowest BCUT2D eigenvalue weighted by Gasteiger charge is -2.07. The SMILES string of the molecule is O=[N+]([O-])c1ccc(/C=C/c2ccc(-n3nc4c(S(=O)(=O)O)cc5nn(-c6ccccc6)nc5c4n3)cc2S(=O)(=O)O)c(S(=O)(=O)O)c1. The first kappa shape index (κ1) is 31.5. The molecule has 240 valence electrons. The Kier molecular flexibility index (Phi) is 7.45. The van der Waals surface area contributed by atoms with Crippen LogP contribution in [-0.4, -0.2) is 73.8 Å². The van der Waals surface area contributed by atoms with Crippen LogP contribution in [0.4, 0.5) is 5.69 Å². The monoisotopic (exact) mass is 699 g/mol. The minimum Gasteiger partial charge on any atom is -0.282 e. The second kappa shape index (κ2) is 11.1. The van der Waals surface area contributed by atoms with Gasteiger partial charge in [-0.15, -0.1) is 20.4 Å². The minimum atomic E-state index is -4.99. The Balaban J connectivity index is 1.49. The number of aromatic nitrogens is 6. The quantitative estimate of drug-likeness (QED) is 0.0892. The molecule has 0 radical (unpaired) electrons. The van der Waals surface area contributed by atoms with Crippen molar-refractivity contribution in [1.29, 1.82) is 0 Å². The van der Waals surface area contributed by atoms with Crippen molar-refractivity contribution in [2.45, 2.75) is 14.7 Å². The van der Waals surface area contributed by atoms with E-state index >= 15 is 0 Å². The number of non-ortho nitro benzene ring substituents is 1. The molecule has 6 rings (SSSR count). The maximum atomic E-state index is 12.4. The van der Waals surface area contributed by atoms with Gasteiger partial charge in [0.05, 0.1) is 16.3 Å². The van der Waals surface area contributed by atoms with E-state index in [1.54, 1.807) is 30.3 Å². The maximum Gasteiger partial charge on any atom is 0.296 e. The fraction of sp³-hybridized carbons (Fsp3) is 0. The van der Waals surface area contributed by atoms with E-state index in [1.807, 2.05) is 0 Å². The Morgan fingerprint density at radius 1 is 0.596 bits per heavy atom. The third-order valence-corrected chi connectivity index (χ3v) is 9.36. The van der Waals surface area contributed by atoms with Crippen molar-refractivity contribution in [3.05, 3.63) is 94.0 Å². The normalized spacial score (nSPS) is 12.7. The summed E-state index contributed by atoms with van der Waals surface area (Å²) in [5.74, 6) is 0. The number of nitro benzene ring substituents is 1. The molecule has 0 fully saturated rings. The van der Waals surface area contributed by atoms with Crippen molar-refractivity contribution in [1.82, 2.24) is 30.0 Å². The Morgan fingerprint density at radius 3 is 1.72 bits per heavy atom. The van der Waals surface area contributed by atoms with Crippen molar-refractivity contribution >= 4 is 70.3 Å². The van der Waals surface area contributed by atoms with Gasteiger partial charge in [0.1, 0.15) is 36.8 Å². The van der Waals surface area contributed by atoms with E-state index in [2.05, 4.69) is 20.4 Å². The standard InChI is InChI=1S/C26H17N7O11S3/c34-33(35)19-11-9-16(22(13-19)46(39,40)41)7-6-15-8-10-18(12-21(15)45(36,37)38)32-29-25-23(47(42,43)44)14-20-24(26(25)30-32)28-31(27-20)17-4-2-1-3-5-17/h1-14H,(H,36,37,38)(H,39,40,41)(H,42,43,44)/b7-6+. The van der Waals surface area contributed by atoms with E-state index in [0.717, 1.165) is 41.2 Å². The average molecular weight is 700 g/mol. The van der Waals surface area contributed by atoms with Gasteiger partial charge in [-0.25, -0.2) is 0 Å². The molecule has 0 aliphatic rings. The highest BCUT2D eigenvalue weighted by molar-refractivity contribution is 7.86. The second-order valence-corrected chi connectivity index (χ2v) is 13.9. The first-order chi connectivity index (χ1) is 22.0. The van der Waals surface area contributed by atoms with Gasteiger partial charge in [-0.1, -0.05) is 36.4 Å². The summed E-state index contributed by atoms with van der Waals surface area (Å²) >= 11 is 0. The zero-order chi connectivity index (χ0) is 33.9. The van der Waals surface area contributed by atoms with Gasteiger partial charge >= 0.3 is 0 Å². The molecule has 0 bridgehead atoms. The molecule has 0 atom stereocenters. The average Bonchev–Trinajstić information content (AvgIpc) is 3.63. The van der Waals surface area contributed by atoms with Crippen molar-refractivity contribution < 1.29 is 43.8 Å². The van der Waals surface area contributed by atoms with Gasteiger partial charge in [0, 0.05) is 12.1 Å². The van der Waals surface area contributed by atoms with Crippen molar-refractivity contribution in [3.8, 4) is 11.4 Å². The Hall–Kier alpha value is -5.45. The molecule has 0 saturated carbocycles. The van der Waals surface area contributed by atoms with E-state index in [-0.39, 0.29) is 38.9 Å². The number of hydrogen-bond donors (Lipinski definition) is 3. The molecule has 18 nitrogen and oxygen atoms in total. The van der Waals surface area contributed by atoms with Crippen LogP contribution in [0.2, 0.25) is 0 Å². The molecule has 3 N–H and O–H groups in total. The van der Waals surface area contributed by atoms with Crippen molar-refractivity contribution in [2.75, 3.05) is 0 Å². The molecular formula is C26H17N7O11S3. The second-order valence-electron chi connectivity index (χ2n) is 9.71. The number of para-hydroxylation sites is 1. The van der Waals surface area contributed by atoms with Crippen LogP contribution in [0, 0.1) is 10.1 Å². The smallest absolute Gasteiger partial charge is 0.282 e. The van der Waals surface area contributed by atoms with Crippen molar-refractivity contribution in [3.63, 3.8) is 0 Å². The summed E-state index contributed by atoms with van der Waals surface area (Å²) in [5, 5.41) is 28.1. The number of benzene rings is 4. The van der Waals surface area contributed by atoms with Crippen LogP contribution in [-0.2, 0) is 30.4 Å². The fourth-order valence-electron chi connectivity index (χ4n) is 4.58. The Morgan fingerprint density at radius 2 is 1.13 bits per heavy atom. The lowest BCUT2D eigenvalue weighted by atomic mass is 10.1. The number of nitro groups is 1. The fourth-order valence-corrected chi connectivity index (χ4v) is 6.63. The van der Waals surface area contributed by atoms with Crippen LogP contribution in [0.3, 0.4) is 0 Å². The molecule has 4 aromatic carbocycles. The zero-order valence-electron chi connectivity index (χ0n) is 23.0.